The smallest absolute Gasteiger partial charge is 0.335 e. The average Bonchev–Trinajstić information content (AvgIpc) is 2.93. The molecular formula is C14H19NO4. The predicted molar refractivity (Wildman–Crippen MR) is 69.8 cm³/mol. The van der Waals surface area contributed by atoms with Gasteiger partial charge in [-0.25, -0.2) is 4.79 Å². The molecule has 0 spiro atoms. The van der Waals surface area contributed by atoms with Crippen molar-refractivity contribution < 1.29 is 19.0 Å². The Morgan fingerprint density at radius 2 is 2.05 bits per heavy atom. The quantitative estimate of drug-likeness (QED) is 0.616. The molecule has 0 radical (unpaired) electrons. The molecule has 1 heterocycles. The van der Waals surface area contributed by atoms with Crippen molar-refractivity contribution in [1.29, 1.82) is 0 Å². The van der Waals surface area contributed by atoms with Gasteiger partial charge in [-0.2, -0.15) is 0 Å². The molecule has 1 aromatic rings. The van der Waals surface area contributed by atoms with Crippen LogP contribution in [0, 0.1) is 0 Å². The van der Waals surface area contributed by atoms with Gasteiger partial charge in [0.25, 0.3) is 0 Å². The molecule has 1 aliphatic heterocycles. The molecule has 1 fully saturated rings. The first-order valence-electron chi connectivity index (χ1n) is 6.49. The Morgan fingerprint density at radius 1 is 1.26 bits per heavy atom. The van der Waals surface area contributed by atoms with Gasteiger partial charge in [0, 0.05) is 6.54 Å². The van der Waals surface area contributed by atoms with E-state index in [9.17, 15) is 4.79 Å². The van der Waals surface area contributed by atoms with Gasteiger partial charge in [0.2, 0.25) is 0 Å². The zero-order valence-electron chi connectivity index (χ0n) is 10.8. The maximum absolute atomic E-state index is 11.7. The maximum Gasteiger partial charge on any atom is 0.335 e. The molecule has 0 aliphatic carbocycles. The van der Waals surface area contributed by atoms with Gasteiger partial charge >= 0.3 is 5.97 Å². The monoisotopic (exact) mass is 265 g/mol. The summed E-state index contributed by atoms with van der Waals surface area (Å²) in [6.07, 6.45) is 1.01. The van der Waals surface area contributed by atoms with Crippen LogP contribution in [-0.2, 0) is 14.3 Å². The number of esters is 1. The lowest BCUT2D eigenvalue weighted by Crippen LogP contribution is -2.27. The summed E-state index contributed by atoms with van der Waals surface area (Å²) in [6, 6.07) is 9.40. The summed E-state index contributed by atoms with van der Waals surface area (Å²) in [6.45, 7) is 1.00. The zero-order valence-corrected chi connectivity index (χ0v) is 10.8. The summed E-state index contributed by atoms with van der Waals surface area (Å²) >= 11 is 0. The molecule has 2 unspecified atom stereocenters. The lowest BCUT2D eigenvalue weighted by Gasteiger charge is -2.12. The number of carbonyl (C=O) groups is 1. The summed E-state index contributed by atoms with van der Waals surface area (Å²) in [7, 11) is 0. The fourth-order valence-corrected chi connectivity index (χ4v) is 1.96. The lowest BCUT2D eigenvalue weighted by molar-refractivity contribution is -0.156. The van der Waals surface area contributed by atoms with Crippen molar-refractivity contribution in [3.05, 3.63) is 30.3 Å². The topological polar surface area (TPSA) is 70.8 Å². The second-order valence-corrected chi connectivity index (χ2v) is 4.39. The molecule has 1 aromatic carbocycles. The highest BCUT2D eigenvalue weighted by Crippen LogP contribution is 2.19. The third-order valence-electron chi connectivity index (χ3n) is 2.97. The first-order chi connectivity index (χ1) is 9.29. The van der Waals surface area contributed by atoms with E-state index in [-0.39, 0.29) is 18.7 Å². The SMILES string of the molecule is NCC1CCC(C(=O)OCCOc2ccccc2)O1. The Labute approximate surface area is 112 Å². The first kappa shape index (κ1) is 13.8. The van der Waals surface area contributed by atoms with E-state index in [0.717, 1.165) is 12.2 Å². The Bertz CT molecular complexity index is 396. The van der Waals surface area contributed by atoms with Gasteiger partial charge < -0.3 is 19.9 Å². The van der Waals surface area contributed by atoms with Crippen molar-refractivity contribution in [2.24, 2.45) is 5.73 Å². The number of para-hydroxylation sites is 1. The number of benzene rings is 1. The summed E-state index contributed by atoms with van der Waals surface area (Å²) in [5.74, 6) is 0.437. The molecule has 0 aromatic heterocycles. The molecule has 2 N–H and O–H groups in total. The van der Waals surface area contributed by atoms with E-state index in [1.807, 2.05) is 30.3 Å². The molecule has 0 saturated carbocycles. The van der Waals surface area contributed by atoms with Crippen molar-refractivity contribution in [3.8, 4) is 5.75 Å². The molecule has 1 saturated heterocycles. The minimum absolute atomic E-state index is 0.0156. The van der Waals surface area contributed by atoms with E-state index in [1.54, 1.807) is 0 Å². The van der Waals surface area contributed by atoms with Crippen LogP contribution in [0.2, 0.25) is 0 Å². The summed E-state index contributed by atoms with van der Waals surface area (Å²) in [5, 5.41) is 0. The van der Waals surface area contributed by atoms with Crippen LogP contribution in [0.15, 0.2) is 30.3 Å². The molecule has 19 heavy (non-hydrogen) atoms. The lowest BCUT2D eigenvalue weighted by atomic mass is 10.2. The van der Waals surface area contributed by atoms with E-state index < -0.39 is 6.10 Å². The molecular weight excluding hydrogens is 246 g/mol. The highest BCUT2D eigenvalue weighted by Gasteiger charge is 2.30. The number of rotatable bonds is 6. The molecule has 2 rings (SSSR count). The van der Waals surface area contributed by atoms with Crippen molar-refractivity contribution in [2.75, 3.05) is 19.8 Å². The minimum atomic E-state index is -0.467. The normalized spacial score (nSPS) is 22.2. The highest BCUT2D eigenvalue weighted by molar-refractivity contribution is 5.75. The van der Waals surface area contributed by atoms with Crippen LogP contribution >= 0.6 is 0 Å². The van der Waals surface area contributed by atoms with Crippen LogP contribution in [-0.4, -0.2) is 37.9 Å². The standard InChI is InChI=1S/C14H19NO4/c15-10-12-6-7-13(19-12)14(16)18-9-8-17-11-4-2-1-3-5-11/h1-5,12-13H,6-10,15H2. The van der Waals surface area contributed by atoms with Crippen LogP contribution in [0.25, 0.3) is 0 Å². The fraction of sp³-hybridized carbons (Fsp3) is 0.500. The third kappa shape index (κ3) is 4.22. The van der Waals surface area contributed by atoms with Crippen molar-refractivity contribution in [2.45, 2.75) is 25.0 Å². The molecule has 2 atom stereocenters. The van der Waals surface area contributed by atoms with E-state index >= 15 is 0 Å². The van der Waals surface area contributed by atoms with E-state index in [0.29, 0.717) is 19.6 Å². The van der Waals surface area contributed by atoms with Crippen molar-refractivity contribution in [1.82, 2.24) is 0 Å². The Morgan fingerprint density at radius 3 is 2.74 bits per heavy atom. The largest absolute Gasteiger partial charge is 0.490 e. The fourth-order valence-electron chi connectivity index (χ4n) is 1.96. The van der Waals surface area contributed by atoms with Crippen LogP contribution < -0.4 is 10.5 Å². The van der Waals surface area contributed by atoms with Crippen LogP contribution in [0.5, 0.6) is 5.75 Å². The Kier molecular flexibility index (Phi) is 5.18. The number of ether oxygens (including phenoxy) is 3. The minimum Gasteiger partial charge on any atom is -0.490 e. The van der Waals surface area contributed by atoms with Gasteiger partial charge in [-0.15, -0.1) is 0 Å². The second-order valence-electron chi connectivity index (χ2n) is 4.39. The second kappa shape index (κ2) is 7.11. The molecule has 0 amide bonds. The summed E-state index contributed by atoms with van der Waals surface area (Å²) in [5.41, 5.74) is 5.49. The van der Waals surface area contributed by atoms with Crippen LogP contribution in [0.1, 0.15) is 12.8 Å². The number of hydrogen-bond acceptors (Lipinski definition) is 5. The zero-order chi connectivity index (χ0) is 13.5. The van der Waals surface area contributed by atoms with Crippen LogP contribution in [0.3, 0.4) is 0 Å². The Balaban J connectivity index is 1.62. The van der Waals surface area contributed by atoms with Gasteiger partial charge in [-0.05, 0) is 25.0 Å². The van der Waals surface area contributed by atoms with E-state index in [2.05, 4.69) is 0 Å². The number of nitrogens with two attached hydrogens (primary N) is 1. The van der Waals surface area contributed by atoms with E-state index in [1.165, 1.54) is 0 Å². The predicted octanol–water partition coefficient (Wildman–Crippen LogP) is 1.11. The number of carbonyl (C=O) groups excluding carboxylic acids is 1. The summed E-state index contributed by atoms with van der Waals surface area (Å²) in [4.78, 5) is 11.7. The average molecular weight is 265 g/mol. The van der Waals surface area contributed by atoms with Gasteiger partial charge in [0.15, 0.2) is 6.10 Å². The van der Waals surface area contributed by atoms with Gasteiger partial charge in [0.1, 0.15) is 19.0 Å². The van der Waals surface area contributed by atoms with Gasteiger partial charge in [-0.1, -0.05) is 18.2 Å². The van der Waals surface area contributed by atoms with E-state index in [4.69, 9.17) is 19.9 Å². The highest BCUT2D eigenvalue weighted by atomic mass is 16.6. The molecule has 104 valence electrons. The van der Waals surface area contributed by atoms with Gasteiger partial charge in [0.05, 0.1) is 6.10 Å². The van der Waals surface area contributed by atoms with Crippen LogP contribution in [0.4, 0.5) is 0 Å². The molecule has 1 aliphatic rings. The molecule has 5 heteroatoms. The first-order valence-corrected chi connectivity index (χ1v) is 6.49. The van der Waals surface area contributed by atoms with Crippen molar-refractivity contribution in [3.63, 3.8) is 0 Å². The Hall–Kier alpha value is -1.59. The van der Waals surface area contributed by atoms with Gasteiger partial charge in [-0.3, -0.25) is 0 Å². The molecule has 0 bridgehead atoms. The molecule has 5 nitrogen and oxygen atoms in total. The maximum atomic E-state index is 11.7. The third-order valence-corrected chi connectivity index (χ3v) is 2.97. The van der Waals surface area contributed by atoms with Crippen molar-refractivity contribution >= 4 is 5.97 Å². The number of hydrogen-bond donors (Lipinski definition) is 1. The summed E-state index contributed by atoms with van der Waals surface area (Å²) < 4.78 is 16.0.